The number of methoxy groups -OCH3 is 2. The number of hydrogen-bond acceptors (Lipinski definition) is 10. The first-order valence-corrected chi connectivity index (χ1v) is 9.40. The maximum Gasteiger partial charge on any atom is 0.240 e. The first kappa shape index (κ1) is 21.5. The highest BCUT2D eigenvalue weighted by Gasteiger charge is 2.21. The minimum atomic E-state index is -0.238. The fraction of sp³-hybridized carbons (Fsp3) is 0.500. The first-order valence-electron chi connectivity index (χ1n) is 9.40. The number of aromatic nitrogens is 3. The largest absolute Gasteiger partial charge is 0.481 e. The van der Waals surface area contributed by atoms with E-state index in [4.69, 9.17) is 14.0 Å². The van der Waals surface area contributed by atoms with Crippen molar-refractivity contribution in [3.8, 4) is 11.8 Å². The van der Waals surface area contributed by atoms with Crippen LogP contribution in [0.2, 0.25) is 0 Å². The Morgan fingerprint density at radius 1 is 0.967 bits per heavy atom. The van der Waals surface area contributed by atoms with E-state index in [1.165, 1.54) is 20.3 Å². The Hall–Kier alpha value is -3.25. The van der Waals surface area contributed by atoms with Gasteiger partial charge in [-0.1, -0.05) is 5.16 Å². The molecule has 0 bridgehead atoms. The lowest BCUT2D eigenvalue weighted by atomic mass is 10.3. The normalized spacial score (nSPS) is 14.9. The highest BCUT2D eigenvalue weighted by molar-refractivity contribution is 5.91. The molecular formula is C18H25N7O5. The Balaban J connectivity index is 1.42. The molecule has 1 fully saturated rings. The average molecular weight is 419 g/mol. The number of nitrogens with one attached hydrogen (secondary N) is 2. The number of ether oxygens (including phenoxy) is 2. The van der Waals surface area contributed by atoms with Crippen LogP contribution in [-0.2, 0) is 9.59 Å². The van der Waals surface area contributed by atoms with Crippen LogP contribution in [0.15, 0.2) is 16.7 Å². The van der Waals surface area contributed by atoms with Gasteiger partial charge in [0, 0.05) is 32.2 Å². The van der Waals surface area contributed by atoms with E-state index >= 15 is 0 Å². The molecule has 0 spiro atoms. The predicted molar refractivity (Wildman–Crippen MR) is 107 cm³/mol. The molecule has 0 aromatic carbocycles. The molecule has 0 saturated carbocycles. The molecule has 3 heterocycles. The highest BCUT2D eigenvalue weighted by Crippen LogP contribution is 2.17. The number of carbonyl (C=O) groups is 2. The zero-order valence-electron chi connectivity index (χ0n) is 17.2. The van der Waals surface area contributed by atoms with E-state index < -0.39 is 0 Å². The summed E-state index contributed by atoms with van der Waals surface area (Å²) in [5.74, 6) is 1.36. The summed E-state index contributed by atoms with van der Waals surface area (Å²) in [6.07, 6.45) is 0. The Kier molecular flexibility index (Phi) is 7.14. The SMILES string of the molecule is COc1cc(OC)nc(NC(=O)CN2CCN(CC(=O)Nc3cc(C)on3)CC2)n1. The van der Waals surface area contributed by atoms with E-state index in [-0.39, 0.29) is 30.9 Å². The molecule has 0 aliphatic carbocycles. The van der Waals surface area contributed by atoms with E-state index in [2.05, 4.69) is 25.8 Å². The zero-order valence-corrected chi connectivity index (χ0v) is 17.2. The summed E-state index contributed by atoms with van der Waals surface area (Å²) in [7, 11) is 2.94. The molecule has 2 aromatic rings. The second-order valence-electron chi connectivity index (χ2n) is 6.75. The summed E-state index contributed by atoms with van der Waals surface area (Å²) in [4.78, 5) is 36.6. The van der Waals surface area contributed by atoms with Crippen LogP contribution in [0.3, 0.4) is 0 Å². The van der Waals surface area contributed by atoms with Gasteiger partial charge in [0.05, 0.1) is 33.4 Å². The van der Waals surface area contributed by atoms with Crippen molar-refractivity contribution in [1.82, 2.24) is 24.9 Å². The van der Waals surface area contributed by atoms with Crippen molar-refractivity contribution in [2.24, 2.45) is 0 Å². The van der Waals surface area contributed by atoms with Gasteiger partial charge in [0.25, 0.3) is 0 Å². The molecule has 2 aromatic heterocycles. The number of hydrogen-bond donors (Lipinski definition) is 2. The number of piperazine rings is 1. The predicted octanol–water partition coefficient (Wildman–Crippen LogP) is -0.0150. The summed E-state index contributed by atoms with van der Waals surface area (Å²) in [6, 6.07) is 3.19. The Bertz CT molecular complexity index is 857. The van der Waals surface area contributed by atoms with E-state index in [1.807, 2.05) is 9.80 Å². The minimum Gasteiger partial charge on any atom is -0.481 e. The molecule has 12 heteroatoms. The maximum atomic E-state index is 12.3. The molecule has 2 amide bonds. The third-order valence-corrected chi connectivity index (χ3v) is 4.44. The topological polar surface area (TPSA) is 135 Å². The molecule has 30 heavy (non-hydrogen) atoms. The molecule has 12 nitrogen and oxygen atoms in total. The lowest BCUT2D eigenvalue weighted by Crippen LogP contribution is -2.50. The number of nitrogens with zero attached hydrogens (tertiary/aromatic N) is 5. The third-order valence-electron chi connectivity index (χ3n) is 4.44. The van der Waals surface area contributed by atoms with Crippen LogP contribution < -0.4 is 20.1 Å². The summed E-state index contributed by atoms with van der Waals surface area (Å²) < 4.78 is 15.1. The van der Waals surface area contributed by atoms with Crippen molar-refractivity contribution in [2.45, 2.75) is 6.92 Å². The molecule has 2 N–H and O–H groups in total. The second kappa shape index (κ2) is 9.98. The minimum absolute atomic E-state index is 0.120. The standard InChI is InChI=1S/C18H25N7O5/c1-12-8-13(23-30-12)19-14(26)10-24-4-6-25(7-5-24)11-15(27)20-18-21-16(28-2)9-17(22-18)29-3/h8-9H,4-7,10-11H2,1-3H3,(H,19,23,26)(H,20,21,22,27). The van der Waals surface area contributed by atoms with Crippen LogP contribution in [0.5, 0.6) is 11.8 Å². The van der Waals surface area contributed by atoms with Crippen molar-refractivity contribution >= 4 is 23.6 Å². The zero-order chi connectivity index (χ0) is 21.5. The summed E-state index contributed by atoms with van der Waals surface area (Å²) in [5, 5.41) is 9.10. The van der Waals surface area contributed by atoms with Crippen LogP contribution in [-0.4, -0.2) is 90.2 Å². The number of anilines is 2. The van der Waals surface area contributed by atoms with Gasteiger partial charge in [0.2, 0.25) is 29.5 Å². The molecule has 0 radical (unpaired) electrons. The monoisotopic (exact) mass is 419 g/mol. The Labute approximate surface area is 173 Å². The van der Waals surface area contributed by atoms with E-state index in [0.29, 0.717) is 49.5 Å². The van der Waals surface area contributed by atoms with Crippen LogP contribution >= 0.6 is 0 Å². The fourth-order valence-corrected chi connectivity index (χ4v) is 2.95. The van der Waals surface area contributed by atoms with E-state index in [9.17, 15) is 9.59 Å². The quantitative estimate of drug-likeness (QED) is 0.601. The van der Waals surface area contributed by atoms with Crippen LogP contribution in [0, 0.1) is 6.92 Å². The molecule has 3 rings (SSSR count). The van der Waals surface area contributed by atoms with Gasteiger partial charge in [-0.15, -0.1) is 0 Å². The van der Waals surface area contributed by atoms with Crippen LogP contribution in [0.25, 0.3) is 0 Å². The molecule has 0 atom stereocenters. The van der Waals surface area contributed by atoms with Gasteiger partial charge in [-0.2, -0.15) is 9.97 Å². The number of amides is 2. The Morgan fingerprint density at radius 3 is 1.97 bits per heavy atom. The molecule has 0 unspecified atom stereocenters. The smallest absolute Gasteiger partial charge is 0.240 e. The van der Waals surface area contributed by atoms with E-state index in [0.717, 1.165) is 0 Å². The van der Waals surface area contributed by atoms with Crippen LogP contribution in [0.4, 0.5) is 11.8 Å². The van der Waals surface area contributed by atoms with E-state index in [1.54, 1.807) is 13.0 Å². The molecule has 1 aliphatic rings. The lowest BCUT2D eigenvalue weighted by Gasteiger charge is -2.33. The van der Waals surface area contributed by atoms with Gasteiger partial charge < -0.3 is 19.3 Å². The maximum absolute atomic E-state index is 12.3. The molecular weight excluding hydrogens is 394 g/mol. The van der Waals surface area contributed by atoms with Crippen molar-refractivity contribution in [3.63, 3.8) is 0 Å². The third kappa shape index (κ3) is 6.12. The van der Waals surface area contributed by atoms with Gasteiger partial charge in [-0.3, -0.25) is 24.7 Å². The first-order chi connectivity index (χ1) is 14.4. The molecule has 162 valence electrons. The molecule has 1 saturated heterocycles. The van der Waals surface area contributed by atoms with Crippen molar-refractivity contribution in [2.75, 3.05) is 64.1 Å². The Morgan fingerprint density at radius 2 is 1.50 bits per heavy atom. The highest BCUT2D eigenvalue weighted by atomic mass is 16.5. The molecule has 1 aliphatic heterocycles. The second-order valence-corrected chi connectivity index (χ2v) is 6.75. The number of rotatable bonds is 8. The van der Waals surface area contributed by atoms with Gasteiger partial charge in [0.15, 0.2) is 5.82 Å². The van der Waals surface area contributed by atoms with Gasteiger partial charge in [0.1, 0.15) is 5.76 Å². The van der Waals surface area contributed by atoms with Crippen molar-refractivity contribution < 1.29 is 23.6 Å². The van der Waals surface area contributed by atoms with Gasteiger partial charge in [-0.25, -0.2) is 0 Å². The summed E-state index contributed by atoms with van der Waals surface area (Å²) >= 11 is 0. The van der Waals surface area contributed by atoms with Crippen LogP contribution in [0.1, 0.15) is 5.76 Å². The average Bonchev–Trinajstić information content (AvgIpc) is 3.13. The van der Waals surface area contributed by atoms with Gasteiger partial charge in [-0.05, 0) is 6.92 Å². The number of carbonyl (C=O) groups excluding carboxylic acids is 2. The van der Waals surface area contributed by atoms with Crippen molar-refractivity contribution in [3.05, 3.63) is 17.9 Å². The number of aryl methyl sites for hydroxylation is 1. The van der Waals surface area contributed by atoms with Gasteiger partial charge >= 0.3 is 0 Å². The lowest BCUT2D eigenvalue weighted by molar-refractivity contribution is -0.120. The fourth-order valence-electron chi connectivity index (χ4n) is 2.95. The van der Waals surface area contributed by atoms with Crippen molar-refractivity contribution in [1.29, 1.82) is 0 Å². The summed E-state index contributed by atoms with van der Waals surface area (Å²) in [5.41, 5.74) is 0. The summed E-state index contributed by atoms with van der Waals surface area (Å²) in [6.45, 7) is 4.86.